The van der Waals surface area contributed by atoms with E-state index in [0.29, 0.717) is 0 Å². The fourth-order valence-electron chi connectivity index (χ4n) is 0.931. The molecule has 0 bridgehead atoms. The second-order valence-corrected chi connectivity index (χ2v) is 2.69. The molecule has 1 aromatic carbocycles. The van der Waals surface area contributed by atoms with Crippen LogP contribution >= 0.6 is 0 Å². The Bertz CT molecular complexity index is 201. The highest BCUT2D eigenvalue weighted by Crippen LogP contribution is 2.23. The molecule has 0 spiro atoms. The lowest BCUT2D eigenvalue weighted by Gasteiger charge is -2.00. The maximum atomic E-state index is 3.36. The number of para-hydroxylation sites is 1. The summed E-state index contributed by atoms with van der Waals surface area (Å²) >= 11 is 0. The Kier molecular flexibility index (Phi) is 1.35. The molecule has 2 rings (SSSR count). The van der Waals surface area contributed by atoms with Gasteiger partial charge in [0, 0.05) is 17.8 Å². The Morgan fingerprint density at radius 2 is 2.30 bits per heavy atom. The molecule has 0 atom stereocenters. The minimum absolute atomic E-state index is 0.735. The van der Waals surface area contributed by atoms with Crippen LogP contribution in [0.3, 0.4) is 0 Å². The van der Waals surface area contributed by atoms with E-state index in [2.05, 4.69) is 17.4 Å². The molecule has 51 valence electrons. The average Bonchev–Trinajstić information content (AvgIpc) is 2.74. The molecule has 0 amide bonds. The summed E-state index contributed by atoms with van der Waals surface area (Å²) in [5.41, 5.74) is 1.13. The summed E-state index contributed by atoms with van der Waals surface area (Å²) in [7, 11) is 0. The summed E-state index contributed by atoms with van der Waals surface area (Å²) < 4.78 is 0. The van der Waals surface area contributed by atoms with Gasteiger partial charge in [0.1, 0.15) is 0 Å². The minimum Gasteiger partial charge on any atom is -0.382 e. The van der Waals surface area contributed by atoms with Crippen molar-refractivity contribution in [1.82, 2.24) is 0 Å². The van der Waals surface area contributed by atoms with Gasteiger partial charge in [-0.2, -0.15) is 0 Å². The molecular formula is C9H10N. The molecule has 1 radical (unpaired) electrons. The smallest absolute Gasteiger partial charge is 0.0422 e. The van der Waals surface area contributed by atoms with Crippen molar-refractivity contribution in [3.8, 4) is 0 Å². The molecule has 1 saturated carbocycles. The Hall–Kier alpha value is -0.980. The monoisotopic (exact) mass is 132 g/mol. The van der Waals surface area contributed by atoms with E-state index in [1.54, 1.807) is 0 Å². The van der Waals surface area contributed by atoms with Gasteiger partial charge in [-0.1, -0.05) is 18.2 Å². The molecule has 1 N–H and O–H groups in total. The van der Waals surface area contributed by atoms with Crippen LogP contribution in [-0.2, 0) is 0 Å². The topological polar surface area (TPSA) is 12.0 Å². The van der Waals surface area contributed by atoms with Crippen molar-refractivity contribution in [2.75, 3.05) is 5.32 Å². The normalized spacial score (nSPS) is 16.8. The summed E-state index contributed by atoms with van der Waals surface area (Å²) in [6.07, 6.45) is 2.64. The van der Waals surface area contributed by atoms with Crippen LogP contribution in [0.15, 0.2) is 24.3 Å². The van der Waals surface area contributed by atoms with E-state index in [1.807, 2.05) is 18.2 Å². The van der Waals surface area contributed by atoms with Crippen molar-refractivity contribution < 1.29 is 0 Å². The van der Waals surface area contributed by atoms with E-state index < -0.39 is 0 Å². The molecule has 0 aliphatic heterocycles. The van der Waals surface area contributed by atoms with Gasteiger partial charge in [-0.3, -0.25) is 0 Å². The molecule has 0 saturated heterocycles. The zero-order chi connectivity index (χ0) is 6.81. The maximum Gasteiger partial charge on any atom is 0.0422 e. The van der Waals surface area contributed by atoms with E-state index in [9.17, 15) is 0 Å². The summed E-state index contributed by atoms with van der Waals surface area (Å²) in [5, 5.41) is 3.36. The second-order valence-electron chi connectivity index (χ2n) is 2.69. The molecule has 1 heteroatoms. The van der Waals surface area contributed by atoms with Crippen LogP contribution < -0.4 is 5.32 Å². The largest absolute Gasteiger partial charge is 0.382 e. The zero-order valence-corrected chi connectivity index (χ0v) is 5.80. The van der Waals surface area contributed by atoms with Crippen LogP contribution in [0.2, 0.25) is 0 Å². The molecule has 1 aliphatic rings. The van der Waals surface area contributed by atoms with Crippen LogP contribution in [0.25, 0.3) is 0 Å². The number of nitrogens with one attached hydrogen (secondary N) is 1. The van der Waals surface area contributed by atoms with E-state index in [-0.39, 0.29) is 0 Å². The quantitative estimate of drug-likeness (QED) is 0.649. The number of hydrogen-bond donors (Lipinski definition) is 1. The van der Waals surface area contributed by atoms with Crippen molar-refractivity contribution in [1.29, 1.82) is 0 Å². The van der Waals surface area contributed by atoms with Gasteiger partial charge in [-0.25, -0.2) is 0 Å². The van der Waals surface area contributed by atoms with Gasteiger partial charge < -0.3 is 5.32 Å². The van der Waals surface area contributed by atoms with Crippen molar-refractivity contribution in [2.45, 2.75) is 18.9 Å². The minimum atomic E-state index is 0.735. The number of benzene rings is 1. The van der Waals surface area contributed by atoms with E-state index in [0.717, 1.165) is 11.7 Å². The van der Waals surface area contributed by atoms with Gasteiger partial charge in [-0.15, -0.1) is 0 Å². The van der Waals surface area contributed by atoms with Gasteiger partial charge in [0.05, 0.1) is 0 Å². The Morgan fingerprint density at radius 1 is 1.40 bits per heavy atom. The molecule has 1 fully saturated rings. The number of anilines is 1. The standard InChI is InChI=1S/C9H10N/c1-2-4-8(5-3-1)10-9-6-7-9/h1-4,9-10H,6-7H2. The first kappa shape index (κ1) is 5.78. The first-order valence-electron chi connectivity index (χ1n) is 3.68. The molecule has 0 aromatic heterocycles. The molecule has 1 aromatic rings. The number of rotatable bonds is 2. The molecule has 0 heterocycles. The van der Waals surface area contributed by atoms with Crippen molar-refractivity contribution >= 4 is 5.69 Å². The van der Waals surface area contributed by atoms with Crippen LogP contribution in [0, 0.1) is 6.07 Å². The highest BCUT2D eigenvalue weighted by atomic mass is 14.9. The predicted octanol–water partition coefficient (Wildman–Crippen LogP) is 2.06. The summed E-state index contributed by atoms with van der Waals surface area (Å²) in [6, 6.07) is 11.9. The summed E-state index contributed by atoms with van der Waals surface area (Å²) in [5.74, 6) is 0. The zero-order valence-electron chi connectivity index (χ0n) is 5.80. The fourth-order valence-corrected chi connectivity index (χ4v) is 0.931. The average molecular weight is 132 g/mol. The Labute approximate surface area is 61.1 Å². The van der Waals surface area contributed by atoms with Crippen molar-refractivity contribution in [2.24, 2.45) is 0 Å². The van der Waals surface area contributed by atoms with Gasteiger partial charge in [-0.05, 0) is 18.9 Å². The van der Waals surface area contributed by atoms with Gasteiger partial charge in [0.15, 0.2) is 0 Å². The molecule has 1 aliphatic carbocycles. The highest BCUT2D eigenvalue weighted by Gasteiger charge is 2.20. The van der Waals surface area contributed by atoms with E-state index in [1.165, 1.54) is 12.8 Å². The third-order valence-corrected chi connectivity index (χ3v) is 1.65. The van der Waals surface area contributed by atoms with Gasteiger partial charge in [0.25, 0.3) is 0 Å². The SMILES string of the molecule is [c]1ccccc1NC1CC1. The predicted molar refractivity (Wildman–Crippen MR) is 41.9 cm³/mol. The highest BCUT2D eigenvalue weighted by molar-refractivity contribution is 5.43. The third kappa shape index (κ3) is 1.29. The first-order valence-corrected chi connectivity index (χ1v) is 3.68. The second kappa shape index (κ2) is 2.33. The maximum absolute atomic E-state index is 3.36. The van der Waals surface area contributed by atoms with Gasteiger partial charge in [0.2, 0.25) is 0 Å². The summed E-state index contributed by atoms with van der Waals surface area (Å²) in [6.45, 7) is 0. The lowest BCUT2D eigenvalue weighted by Crippen LogP contribution is -1.99. The van der Waals surface area contributed by atoms with Crippen LogP contribution in [0.1, 0.15) is 12.8 Å². The third-order valence-electron chi connectivity index (χ3n) is 1.65. The molecule has 10 heavy (non-hydrogen) atoms. The Morgan fingerprint density at radius 3 is 2.90 bits per heavy atom. The lowest BCUT2D eigenvalue weighted by atomic mass is 10.3. The van der Waals surface area contributed by atoms with Crippen LogP contribution in [-0.4, -0.2) is 6.04 Å². The fraction of sp³-hybridized carbons (Fsp3) is 0.333. The Balaban J connectivity index is 2.03. The van der Waals surface area contributed by atoms with E-state index >= 15 is 0 Å². The van der Waals surface area contributed by atoms with Crippen molar-refractivity contribution in [3.63, 3.8) is 0 Å². The number of hydrogen-bond acceptors (Lipinski definition) is 1. The molecular weight excluding hydrogens is 122 g/mol. The van der Waals surface area contributed by atoms with Gasteiger partial charge >= 0.3 is 0 Å². The molecule has 0 unspecified atom stereocenters. The van der Waals surface area contributed by atoms with Crippen molar-refractivity contribution in [3.05, 3.63) is 30.3 Å². The van der Waals surface area contributed by atoms with E-state index in [4.69, 9.17) is 0 Å². The summed E-state index contributed by atoms with van der Waals surface area (Å²) in [4.78, 5) is 0. The molecule has 1 nitrogen and oxygen atoms in total. The van der Waals surface area contributed by atoms with Crippen LogP contribution in [0.5, 0.6) is 0 Å². The van der Waals surface area contributed by atoms with Crippen LogP contribution in [0.4, 0.5) is 5.69 Å². The first-order chi connectivity index (χ1) is 4.95. The lowest BCUT2D eigenvalue weighted by molar-refractivity contribution is 1.15.